The molecule has 5 heteroatoms. The Morgan fingerprint density at radius 1 is 1.56 bits per heavy atom. The van der Waals surface area contributed by atoms with Crippen LogP contribution in [0.1, 0.15) is 19.8 Å². The van der Waals surface area contributed by atoms with Gasteiger partial charge >= 0.3 is 0 Å². The molecule has 88 valence electrons. The number of carbonyl (C=O) groups excluding carboxylic acids is 1. The van der Waals surface area contributed by atoms with Crippen LogP contribution in [-0.2, 0) is 9.53 Å². The predicted molar refractivity (Wildman–Crippen MR) is 59.4 cm³/mol. The Hall–Kier alpha value is -0.940. The van der Waals surface area contributed by atoms with Crippen LogP contribution in [0.25, 0.3) is 0 Å². The zero-order valence-corrected chi connectivity index (χ0v) is 9.48. The first-order valence-electron chi connectivity index (χ1n) is 5.98. The van der Waals surface area contributed by atoms with Crippen molar-refractivity contribution < 1.29 is 9.53 Å². The van der Waals surface area contributed by atoms with Crippen LogP contribution >= 0.6 is 0 Å². The van der Waals surface area contributed by atoms with Gasteiger partial charge in [0, 0.05) is 12.6 Å². The van der Waals surface area contributed by atoms with Crippen LogP contribution in [0.15, 0.2) is 4.99 Å². The van der Waals surface area contributed by atoms with Crippen molar-refractivity contribution in [3.05, 3.63) is 0 Å². The minimum absolute atomic E-state index is 0.0119. The van der Waals surface area contributed by atoms with Crippen molar-refractivity contribution in [1.29, 1.82) is 0 Å². The van der Waals surface area contributed by atoms with E-state index < -0.39 is 0 Å². The van der Waals surface area contributed by atoms with Crippen LogP contribution in [0.5, 0.6) is 0 Å². The van der Waals surface area contributed by atoms with E-state index in [1.165, 1.54) is 12.8 Å². The molecule has 3 heterocycles. The van der Waals surface area contributed by atoms with Crippen LogP contribution < -0.4 is 5.32 Å². The number of aliphatic imine (C=N–C) groups is 1. The smallest absolute Gasteiger partial charge is 0.249 e. The van der Waals surface area contributed by atoms with Gasteiger partial charge in [-0.05, 0) is 26.3 Å². The van der Waals surface area contributed by atoms with Gasteiger partial charge in [-0.2, -0.15) is 0 Å². The molecule has 3 aliphatic rings. The summed E-state index contributed by atoms with van der Waals surface area (Å²) in [5, 5.41) is 2.81. The Kier molecular flexibility index (Phi) is 2.44. The Morgan fingerprint density at radius 3 is 3.19 bits per heavy atom. The number of carbonyl (C=O) groups is 1. The maximum atomic E-state index is 11.4. The summed E-state index contributed by atoms with van der Waals surface area (Å²) in [4.78, 5) is 18.1. The number of morpholine rings is 1. The van der Waals surface area contributed by atoms with Crippen molar-refractivity contribution in [3.63, 3.8) is 0 Å². The number of nitrogens with zero attached hydrogens (tertiary/aromatic N) is 2. The fourth-order valence-corrected chi connectivity index (χ4v) is 2.68. The molecule has 1 N–H and O–H groups in total. The highest BCUT2D eigenvalue weighted by Crippen LogP contribution is 2.23. The first-order chi connectivity index (χ1) is 7.74. The van der Waals surface area contributed by atoms with E-state index in [-0.39, 0.29) is 18.1 Å². The predicted octanol–water partition coefficient (Wildman–Crippen LogP) is -0.234. The van der Waals surface area contributed by atoms with Gasteiger partial charge in [0.15, 0.2) is 0 Å². The summed E-state index contributed by atoms with van der Waals surface area (Å²) in [6.07, 6.45) is 2.46. The van der Waals surface area contributed by atoms with E-state index in [9.17, 15) is 4.79 Å². The normalized spacial score (nSPS) is 39.4. The molecule has 2 fully saturated rings. The molecular weight excluding hydrogens is 206 g/mol. The summed E-state index contributed by atoms with van der Waals surface area (Å²) in [6.45, 7) is 4.61. The molecule has 3 atom stereocenters. The topological polar surface area (TPSA) is 53.9 Å². The molecule has 3 unspecified atom stereocenters. The van der Waals surface area contributed by atoms with Crippen LogP contribution in [-0.4, -0.2) is 54.5 Å². The highest BCUT2D eigenvalue weighted by atomic mass is 16.5. The molecule has 1 amide bonds. The maximum absolute atomic E-state index is 11.4. The van der Waals surface area contributed by atoms with Gasteiger partial charge < -0.3 is 10.1 Å². The summed E-state index contributed by atoms with van der Waals surface area (Å²) < 4.78 is 5.79. The lowest BCUT2D eigenvalue weighted by molar-refractivity contribution is -0.119. The van der Waals surface area contributed by atoms with Gasteiger partial charge in [-0.15, -0.1) is 0 Å². The number of ether oxygens (including phenoxy) is 1. The fourth-order valence-electron chi connectivity index (χ4n) is 2.68. The summed E-state index contributed by atoms with van der Waals surface area (Å²) in [6, 6.07) is 0.335. The lowest BCUT2D eigenvalue weighted by Crippen LogP contribution is -2.51. The molecule has 0 aromatic heterocycles. The van der Waals surface area contributed by atoms with Gasteiger partial charge in [0.25, 0.3) is 0 Å². The monoisotopic (exact) mass is 223 g/mol. The second-order valence-corrected chi connectivity index (χ2v) is 4.79. The third kappa shape index (κ3) is 1.64. The van der Waals surface area contributed by atoms with Crippen LogP contribution in [0.3, 0.4) is 0 Å². The molecule has 0 spiro atoms. The zero-order valence-electron chi connectivity index (χ0n) is 9.48. The summed E-state index contributed by atoms with van der Waals surface area (Å²) in [5.41, 5.74) is 0. The van der Waals surface area contributed by atoms with Gasteiger partial charge in [0.1, 0.15) is 18.0 Å². The van der Waals surface area contributed by atoms with Crippen molar-refractivity contribution in [2.45, 2.75) is 38.0 Å². The Bertz CT molecular complexity index is 342. The van der Waals surface area contributed by atoms with Crippen LogP contribution in [0, 0.1) is 0 Å². The number of amidine groups is 1. The molecule has 3 aliphatic heterocycles. The maximum Gasteiger partial charge on any atom is 0.249 e. The zero-order chi connectivity index (χ0) is 11.1. The highest BCUT2D eigenvalue weighted by Gasteiger charge is 2.37. The largest absolute Gasteiger partial charge is 0.367 e. The van der Waals surface area contributed by atoms with E-state index >= 15 is 0 Å². The van der Waals surface area contributed by atoms with Crippen molar-refractivity contribution in [3.8, 4) is 0 Å². The Balaban J connectivity index is 1.68. The molecule has 5 nitrogen and oxygen atoms in total. The number of rotatable bonds is 1. The Morgan fingerprint density at radius 2 is 2.44 bits per heavy atom. The SMILES string of the molecule is CC1N=C(C2CN3CCCC3CO2)NC1=O. The molecule has 0 saturated carbocycles. The molecule has 2 saturated heterocycles. The van der Waals surface area contributed by atoms with Gasteiger partial charge in [-0.3, -0.25) is 14.7 Å². The molecule has 3 rings (SSSR count). The third-order valence-electron chi connectivity index (χ3n) is 3.66. The second kappa shape index (κ2) is 3.82. The van der Waals surface area contributed by atoms with Gasteiger partial charge in [0.2, 0.25) is 5.91 Å². The molecule has 0 aromatic rings. The molecular formula is C11H17N3O2. The number of amides is 1. The number of nitrogens with one attached hydrogen (secondary N) is 1. The van der Waals surface area contributed by atoms with Crippen molar-refractivity contribution >= 4 is 11.7 Å². The molecule has 0 bridgehead atoms. The summed E-state index contributed by atoms with van der Waals surface area (Å²) in [5.74, 6) is 0.713. The minimum Gasteiger partial charge on any atom is -0.367 e. The molecule has 0 radical (unpaired) electrons. The van der Waals surface area contributed by atoms with E-state index in [4.69, 9.17) is 4.74 Å². The van der Waals surface area contributed by atoms with Gasteiger partial charge in [0.05, 0.1) is 6.61 Å². The third-order valence-corrected chi connectivity index (χ3v) is 3.66. The summed E-state index contributed by atoms with van der Waals surface area (Å²) >= 11 is 0. The number of hydrogen-bond acceptors (Lipinski definition) is 4. The van der Waals surface area contributed by atoms with Crippen molar-refractivity contribution in [2.75, 3.05) is 19.7 Å². The van der Waals surface area contributed by atoms with E-state index in [2.05, 4.69) is 15.2 Å². The average molecular weight is 223 g/mol. The number of fused-ring (bicyclic) bond motifs is 1. The first-order valence-corrected chi connectivity index (χ1v) is 5.98. The molecule has 16 heavy (non-hydrogen) atoms. The molecule has 0 aliphatic carbocycles. The van der Waals surface area contributed by atoms with Crippen molar-refractivity contribution in [2.24, 2.45) is 4.99 Å². The Labute approximate surface area is 94.9 Å². The van der Waals surface area contributed by atoms with E-state index in [0.717, 1.165) is 25.5 Å². The van der Waals surface area contributed by atoms with Crippen LogP contribution in [0.4, 0.5) is 0 Å². The van der Waals surface area contributed by atoms with Gasteiger partial charge in [-0.25, -0.2) is 0 Å². The van der Waals surface area contributed by atoms with E-state index in [0.29, 0.717) is 6.04 Å². The van der Waals surface area contributed by atoms with E-state index in [1.807, 2.05) is 6.92 Å². The first kappa shape index (κ1) is 10.2. The fraction of sp³-hybridized carbons (Fsp3) is 0.818. The number of hydrogen-bond donors (Lipinski definition) is 1. The lowest BCUT2D eigenvalue weighted by Gasteiger charge is -2.34. The van der Waals surface area contributed by atoms with E-state index in [1.54, 1.807) is 0 Å². The quantitative estimate of drug-likeness (QED) is 0.668. The minimum atomic E-state index is -0.255. The highest BCUT2D eigenvalue weighted by molar-refractivity contribution is 6.07. The second-order valence-electron chi connectivity index (χ2n) is 4.79. The summed E-state index contributed by atoms with van der Waals surface area (Å²) in [7, 11) is 0. The standard InChI is InChI=1S/C11H17N3O2/c1-7-11(15)13-10(12-7)9-5-14-4-2-3-8(14)6-16-9/h7-9H,2-6H2,1H3,(H,12,13,15). The van der Waals surface area contributed by atoms with Crippen LogP contribution in [0.2, 0.25) is 0 Å². The lowest BCUT2D eigenvalue weighted by atomic mass is 10.2. The van der Waals surface area contributed by atoms with Gasteiger partial charge in [-0.1, -0.05) is 0 Å². The average Bonchev–Trinajstić information content (AvgIpc) is 2.85. The molecule has 0 aromatic carbocycles. The van der Waals surface area contributed by atoms with Crippen molar-refractivity contribution in [1.82, 2.24) is 10.2 Å².